The number of aryl methyl sites for hydroxylation is 1. The highest BCUT2D eigenvalue weighted by Crippen LogP contribution is 2.29. The molecular weight excluding hydrogens is 322 g/mol. The number of rotatable bonds is 3. The smallest absolute Gasteiger partial charge is 0.263 e. The second-order valence-corrected chi connectivity index (χ2v) is 6.40. The molecule has 0 spiro atoms. The Kier molecular flexibility index (Phi) is 4.06. The zero-order valence-electron chi connectivity index (χ0n) is 10.8. The summed E-state index contributed by atoms with van der Waals surface area (Å²) < 4.78 is 53.3. The molecule has 0 aliphatic rings. The number of hydrogen-bond donors (Lipinski definition) is 2. The molecule has 0 amide bonds. The Hall–Kier alpha value is -1.86. The summed E-state index contributed by atoms with van der Waals surface area (Å²) in [4.78, 5) is -0.352. The second-order valence-electron chi connectivity index (χ2n) is 4.34. The molecule has 0 aliphatic carbocycles. The van der Waals surface area contributed by atoms with E-state index in [4.69, 9.17) is 17.3 Å². The average molecular weight is 333 g/mol. The number of anilines is 2. The Balaban J connectivity index is 2.51. The van der Waals surface area contributed by atoms with Crippen molar-refractivity contribution in [2.75, 3.05) is 10.5 Å². The maximum absolute atomic E-state index is 13.5. The van der Waals surface area contributed by atoms with Gasteiger partial charge < -0.3 is 5.73 Å². The van der Waals surface area contributed by atoms with E-state index in [1.165, 1.54) is 6.07 Å². The van der Waals surface area contributed by atoms with E-state index in [-0.39, 0.29) is 15.6 Å². The molecule has 0 atom stereocenters. The minimum Gasteiger partial charge on any atom is -0.398 e. The van der Waals surface area contributed by atoms with Gasteiger partial charge in [0.15, 0.2) is 0 Å². The number of halogens is 3. The van der Waals surface area contributed by atoms with Gasteiger partial charge in [-0.15, -0.1) is 0 Å². The van der Waals surface area contributed by atoms with Gasteiger partial charge in [0, 0.05) is 5.69 Å². The third-order valence-corrected chi connectivity index (χ3v) is 4.62. The number of sulfonamides is 1. The lowest BCUT2D eigenvalue weighted by molar-refractivity contribution is 0.583. The Bertz CT molecular complexity index is 790. The number of para-hydroxylation sites is 1. The Morgan fingerprint density at radius 2 is 1.76 bits per heavy atom. The number of nitrogen functional groups attached to an aromatic ring is 1. The van der Waals surface area contributed by atoms with Crippen molar-refractivity contribution in [1.82, 2.24) is 0 Å². The Morgan fingerprint density at radius 1 is 1.19 bits per heavy atom. The normalized spacial score (nSPS) is 11.4. The standard InChI is InChI=1S/C13H11ClF2N2O2S/c1-7-5-8(14)12(6-11(7)17)21(19,20)18-13-9(15)3-2-4-10(13)16/h2-6,18H,17H2,1H3. The number of nitrogens with two attached hydrogens (primary N) is 1. The first-order chi connectivity index (χ1) is 9.72. The van der Waals surface area contributed by atoms with Crippen LogP contribution in [0.3, 0.4) is 0 Å². The molecule has 0 aromatic heterocycles. The van der Waals surface area contributed by atoms with Gasteiger partial charge in [-0.25, -0.2) is 17.2 Å². The fraction of sp³-hybridized carbons (Fsp3) is 0.0769. The summed E-state index contributed by atoms with van der Waals surface area (Å²) in [5.41, 5.74) is 5.67. The number of nitrogens with one attached hydrogen (secondary N) is 1. The lowest BCUT2D eigenvalue weighted by Crippen LogP contribution is -2.16. The van der Waals surface area contributed by atoms with E-state index in [2.05, 4.69) is 0 Å². The maximum Gasteiger partial charge on any atom is 0.263 e. The van der Waals surface area contributed by atoms with Gasteiger partial charge in [0.05, 0.1) is 5.02 Å². The molecule has 0 bridgehead atoms. The molecule has 112 valence electrons. The summed E-state index contributed by atoms with van der Waals surface area (Å²) in [6, 6.07) is 5.50. The first kappa shape index (κ1) is 15.5. The molecule has 4 nitrogen and oxygen atoms in total. The van der Waals surface area contributed by atoms with Gasteiger partial charge in [0.1, 0.15) is 22.2 Å². The Labute approximate surface area is 125 Å². The van der Waals surface area contributed by atoms with Gasteiger partial charge in [0.25, 0.3) is 10.0 Å². The van der Waals surface area contributed by atoms with Gasteiger partial charge in [-0.05, 0) is 36.8 Å². The van der Waals surface area contributed by atoms with Crippen LogP contribution in [0.2, 0.25) is 5.02 Å². The van der Waals surface area contributed by atoms with Crippen LogP contribution >= 0.6 is 11.6 Å². The van der Waals surface area contributed by atoms with E-state index < -0.39 is 27.3 Å². The highest BCUT2D eigenvalue weighted by molar-refractivity contribution is 7.92. The molecule has 0 heterocycles. The molecule has 3 N–H and O–H groups in total. The summed E-state index contributed by atoms with van der Waals surface area (Å²) in [6.45, 7) is 1.65. The summed E-state index contributed by atoms with van der Waals surface area (Å²) in [7, 11) is -4.27. The summed E-state index contributed by atoms with van der Waals surface area (Å²) in [5.74, 6) is -2.07. The van der Waals surface area contributed by atoms with Crippen LogP contribution in [0.5, 0.6) is 0 Å². The molecule has 21 heavy (non-hydrogen) atoms. The number of hydrogen-bond acceptors (Lipinski definition) is 3. The molecule has 8 heteroatoms. The van der Waals surface area contributed by atoms with Crippen molar-refractivity contribution in [2.24, 2.45) is 0 Å². The van der Waals surface area contributed by atoms with Gasteiger partial charge in [0.2, 0.25) is 0 Å². The van der Waals surface area contributed by atoms with E-state index in [1.54, 1.807) is 6.92 Å². The van der Waals surface area contributed by atoms with E-state index >= 15 is 0 Å². The third-order valence-electron chi connectivity index (χ3n) is 2.81. The van der Waals surface area contributed by atoms with E-state index in [9.17, 15) is 17.2 Å². The largest absolute Gasteiger partial charge is 0.398 e. The molecule has 0 radical (unpaired) electrons. The predicted octanol–water partition coefficient (Wildman–Crippen LogP) is 3.31. The second kappa shape index (κ2) is 5.50. The van der Waals surface area contributed by atoms with Crippen molar-refractivity contribution in [3.05, 3.63) is 52.6 Å². The molecule has 2 aromatic carbocycles. The van der Waals surface area contributed by atoms with Crippen LogP contribution in [0.15, 0.2) is 35.2 Å². The summed E-state index contributed by atoms with van der Waals surface area (Å²) in [6.07, 6.45) is 0. The minimum atomic E-state index is -4.27. The van der Waals surface area contributed by atoms with E-state index in [1.807, 2.05) is 4.72 Å². The summed E-state index contributed by atoms with van der Waals surface area (Å²) >= 11 is 5.87. The molecule has 0 aliphatic heterocycles. The zero-order valence-corrected chi connectivity index (χ0v) is 12.4. The van der Waals surface area contributed by atoms with Crippen LogP contribution in [0, 0.1) is 18.6 Å². The lowest BCUT2D eigenvalue weighted by Gasteiger charge is -2.12. The molecule has 0 unspecified atom stereocenters. The monoisotopic (exact) mass is 332 g/mol. The minimum absolute atomic E-state index is 0.0917. The zero-order chi connectivity index (χ0) is 15.8. The lowest BCUT2D eigenvalue weighted by atomic mass is 10.2. The molecule has 2 aromatic rings. The van der Waals surface area contributed by atoms with Crippen molar-refractivity contribution in [3.63, 3.8) is 0 Å². The van der Waals surface area contributed by atoms with Crippen molar-refractivity contribution < 1.29 is 17.2 Å². The fourth-order valence-electron chi connectivity index (χ4n) is 1.66. The SMILES string of the molecule is Cc1cc(Cl)c(S(=O)(=O)Nc2c(F)cccc2F)cc1N. The van der Waals surface area contributed by atoms with Crippen molar-refractivity contribution in [2.45, 2.75) is 11.8 Å². The molecule has 0 saturated carbocycles. The van der Waals surface area contributed by atoms with Gasteiger partial charge >= 0.3 is 0 Å². The average Bonchev–Trinajstić information content (AvgIpc) is 2.38. The van der Waals surface area contributed by atoms with Crippen molar-refractivity contribution >= 4 is 33.0 Å². The van der Waals surface area contributed by atoms with Crippen LogP contribution in [0.1, 0.15) is 5.56 Å². The summed E-state index contributed by atoms with van der Waals surface area (Å²) in [5, 5.41) is -0.0917. The first-order valence-corrected chi connectivity index (χ1v) is 7.61. The highest BCUT2D eigenvalue weighted by atomic mass is 35.5. The highest BCUT2D eigenvalue weighted by Gasteiger charge is 2.22. The van der Waals surface area contributed by atoms with Crippen molar-refractivity contribution in [3.8, 4) is 0 Å². The van der Waals surface area contributed by atoms with Crippen LogP contribution < -0.4 is 10.5 Å². The van der Waals surface area contributed by atoms with Crippen LogP contribution in [-0.4, -0.2) is 8.42 Å². The Morgan fingerprint density at radius 3 is 2.33 bits per heavy atom. The molecule has 0 fully saturated rings. The first-order valence-electron chi connectivity index (χ1n) is 5.75. The van der Waals surface area contributed by atoms with Crippen LogP contribution in [-0.2, 0) is 10.0 Å². The maximum atomic E-state index is 13.5. The van der Waals surface area contributed by atoms with E-state index in [0.717, 1.165) is 24.3 Å². The van der Waals surface area contributed by atoms with Gasteiger partial charge in [-0.3, -0.25) is 4.72 Å². The number of benzene rings is 2. The quantitative estimate of drug-likeness (QED) is 0.847. The fourth-order valence-corrected chi connectivity index (χ4v) is 3.35. The predicted molar refractivity (Wildman–Crippen MR) is 77.8 cm³/mol. The third kappa shape index (κ3) is 3.08. The molecule has 0 saturated heterocycles. The van der Waals surface area contributed by atoms with Gasteiger partial charge in [-0.2, -0.15) is 0 Å². The molecular formula is C13H11ClF2N2O2S. The topological polar surface area (TPSA) is 72.2 Å². The van der Waals surface area contributed by atoms with Crippen LogP contribution in [0.25, 0.3) is 0 Å². The van der Waals surface area contributed by atoms with E-state index in [0.29, 0.717) is 5.56 Å². The van der Waals surface area contributed by atoms with Crippen molar-refractivity contribution in [1.29, 1.82) is 0 Å². The van der Waals surface area contributed by atoms with Crippen LogP contribution in [0.4, 0.5) is 20.2 Å². The molecule has 2 rings (SSSR count). The van der Waals surface area contributed by atoms with Gasteiger partial charge in [-0.1, -0.05) is 17.7 Å².